The number of hydrogen-bond acceptors (Lipinski definition) is 0. The molecule has 0 aliphatic heterocycles. The van der Waals surface area contributed by atoms with Gasteiger partial charge in [0.15, 0.2) is 0 Å². The molecule has 14 heavy (non-hydrogen) atoms. The fraction of sp³-hybridized carbons (Fsp3) is 0.231. The van der Waals surface area contributed by atoms with Crippen molar-refractivity contribution >= 4 is 35.1 Å². The third kappa shape index (κ3) is 2.00. The maximum atomic E-state index is 2.47. The van der Waals surface area contributed by atoms with E-state index >= 15 is 0 Å². The van der Waals surface area contributed by atoms with Crippen LogP contribution in [0.25, 0.3) is 10.8 Å². The van der Waals surface area contributed by atoms with Crippen LogP contribution >= 0.6 is 0 Å². The number of fused-ring (bicyclic) bond motifs is 1. The van der Waals surface area contributed by atoms with Gasteiger partial charge in [-0.1, -0.05) is 0 Å². The molecule has 1 heteroatoms. The maximum absolute atomic E-state index is 2.47. The zero-order valence-corrected chi connectivity index (χ0v) is 12.9. The molecule has 0 spiro atoms. The Balaban J connectivity index is 2.63. The SMILES string of the molecule is [CH3][Pb]([CH3])([CH3])[c]1ccc2ccccc2c1. The molecule has 0 bridgehead atoms. The van der Waals surface area contributed by atoms with Crippen LogP contribution in [-0.4, -0.2) is 21.2 Å². The summed E-state index contributed by atoms with van der Waals surface area (Å²) < 4.78 is 9.03. The second-order valence-electron chi connectivity index (χ2n) is 4.81. The molecule has 0 aliphatic rings. The third-order valence-corrected chi connectivity index (χ3v) is 10.6. The Bertz CT molecular complexity index is 452. The fourth-order valence-electron chi connectivity index (χ4n) is 1.66. The predicted molar refractivity (Wildman–Crippen MR) is 66.9 cm³/mol. The monoisotopic (exact) mass is 380 g/mol. The molecule has 0 N–H and O–H groups in total. The Hall–Kier alpha value is -0.378. The van der Waals surface area contributed by atoms with E-state index in [2.05, 4.69) is 55.9 Å². The summed E-state index contributed by atoms with van der Waals surface area (Å²) in [6.07, 6.45) is 0. The van der Waals surface area contributed by atoms with Gasteiger partial charge in [-0.15, -0.1) is 0 Å². The van der Waals surface area contributed by atoms with Gasteiger partial charge in [0.05, 0.1) is 0 Å². The van der Waals surface area contributed by atoms with Crippen molar-refractivity contribution in [3.05, 3.63) is 42.5 Å². The molecule has 2 aromatic carbocycles. The fourth-order valence-corrected chi connectivity index (χ4v) is 6.21. The number of benzene rings is 2. The summed E-state index contributed by atoms with van der Waals surface area (Å²) in [5.74, 6) is 0. The van der Waals surface area contributed by atoms with Crippen molar-refractivity contribution in [1.82, 2.24) is 0 Å². The number of rotatable bonds is 1. The quantitative estimate of drug-likeness (QED) is 0.667. The van der Waals surface area contributed by atoms with Gasteiger partial charge in [-0.25, -0.2) is 0 Å². The summed E-state index contributed by atoms with van der Waals surface area (Å²) in [4.78, 5) is 0. The zero-order valence-electron chi connectivity index (χ0n) is 9.04. The van der Waals surface area contributed by atoms with Crippen LogP contribution in [0.5, 0.6) is 0 Å². The van der Waals surface area contributed by atoms with Crippen LogP contribution < -0.4 is 3.12 Å². The molecule has 2 aromatic rings. The molecule has 0 aliphatic carbocycles. The second kappa shape index (κ2) is 3.65. The molecule has 72 valence electrons. The Morgan fingerprint density at radius 1 is 0.786 bits per heavy atom. The summed E-state index contributed by atoms with van der Waals surface area (Å²) in [5.41, 5.74) is 0. The van der Waals surface area contributed by atoms with Crippen molar-refractivity contribution in [3.63, 3.8) is 0 Å². The Morgan fingerprint density at radius 3 is 2.07 bits per heavy atom. The number of hydrogen-bond donors (Lipinski definition) is 0. The van der Waals surface area contributed by atoms with Gasteiger partial charge in [0, 0.05) is 0 Å². The standard InChI is InChI=1S/C10H7.3CH3.Pb/c1-2-6-10-8-4-3-7-9(10)5-1;;;;/h1-3,5-8H;3*1H3;. The van der Waals surface area contributed by atoms with Crippen molar-refractivity contribution in [2.75, 3.05) is 0 Å². The van der Waals surface area contributed by atoms with Crippen molar-refractivity contribution < 1.29 is 0 Å². The van der Waals surface area contributed by atoms with Crippen LogP contribution in [0.1, 0.15) is 0 Å². The minimum absolute atomic E-state index is 1.36. The van der Waals surface area contributed by atoms with Gasteiger partial charge in [-0.2, -0.15) is 0 Å². The van der Waals surface area contributed by atoms with Gasteiger partial charge >= 0.3 is 91.0 Å². The van der Waals surface area contributed by atoms with Gasteiger partial charge in [-0.3, -0.25) is 0 Å². The predicted octanol–water partition coefficient (Wildman–Crippen LogP) is 3.39. The van der Waals surface area contributed by atoms with Crippen LogP contribution in [0.4, 0.5) is 0 Å². The second-order valence-corrected chi connectivity index (χ2v) is 24.6. The van der Waals surface area contributed by atoms with Crippen LogP contribution in [0, 0.1) is 0 Å². The molecule has 0 nitrogen and oxygen atoms in total. The van der Waals surface area contributed by atoms with Gasteiger partial charge in [0.25, 0.3) is 0 Å². The Kier molecular flexibility index (Phi) is 2.64. The normalized spacial score (nSPS) is 11.9. The van der Waals surface area contributed by atoms with Crippen LogP contribution in [0.2, 0.25) is 13.4 Å². The molecule has 0 aromatic heterocycles. The Labute approximate surface area is 90.6 Å². The van der Waals surface area contributed by atoms with Crippen molar-refractivity contribution in [3.8, 4) is 0 Å². The van der Waals surface area contributed by atoms with E-state index in [0.29, 0.717) is 0 Å². The molecular weight excluding hydrogens is 363 g/mol. The summed E-state index contributed by atoms with van der Waals surface area (Å²) >= 11 is -1.98. The molecule has 2 rings (SSSR count). The van der Waals surface area contributed by atoms with Crippen molar-refractivity contribution in [2.24, 2.45) is 0 Å². The van der Waals surface area contributed by atoms with Gasteiger partial charge in [0.2, 0.25) is 0 Å². The van der Waals surface area contributed by atoms with Gasteiger partial charge in [-0.05, 0) is 0 Å². The van der Waals surface area contributed by atoms with E-state index in [1.54, 1.807) is 3.12 Å². The van der Waals surface area contributed by atoms with Crippen LogP contribution in [0.15, 0.2) is 42.5 Å². The summed E-state index contributed by atoms with van der Waals surface area (Å²) in [6.45, 7) is 0. The van der Waals surface area contributed by atoms with Crippen LogP contribution in [-0.2, 0) is 0 Å². The Morgan fingerprint density at radius 2 is 1.43 bits per heavy atom. The third-order valence-electron chi connectivity index (χ3n) is 2.62. The van der Waals surface area contributed by atoms with Gasteiger partial charge in [0.1, 0.15) is 0 Å². The molecule has 0 saturated heterocycles. The van der Waals surface area contributed by atoms with E-state index in [1.807, 2.05) is 0 Å². The molecule has 0 amide bonds. The first kappa shape index (κ1) is 10.2. The van der Waals surface area contributed by atoms with E-state index < -0.39 is 21.2 Å². The van der Waals surface area contributed by atoms with Gasteiger partial charge < -0.3 is 0 Å². The molecule has 0 heterocycles. The molecule has 0 fully saturated rings. The van der Waals surface area contributed by atoms with Crippen molar-refractivity contribution in [1.29, 1.82) is 0 Å². The molecule has 0 saturated carbocycles. The molecule has 0 atom stereocenters. The van der Waals surface area contributed by atoms with Crippen LogP contribution in [0.3, 0.4) is 0 Å². The van der Waals surface area contributed by atoms with E-state index in [1.165, 1.54) is 10.8 Å². The topological polar surface area (TPSA) is 0 Å². The molecule has 0 unspecified atom stereocenters. The summed E-state index contributed by atoms with van der Waals surface area (Å²) in [6, 6.07) is 15.6. The average molecular weight is 379 g/mol. The van der Waals surface area contributed by atoms with Crippen molar-refractivity contribution in [2.45, 2.75) is 13.4 Å². The first-order chi connectivity index (χ1) is 6.57. The summed E-state index contributed by atoms with van der Waals surface area (Å²) in [5, 5.41) is 2.74. The zero-order chi connectivity index (χ0) is 10.2. The first-order valence-electron chi connectivity index (χ1n) is 5.07. The average Bonchev–Trinajstić information content (AvgIpc) is 2.16. The first-order valence-corrected chi connectivity index (χ1v) is 18.7. The van der Waals surface area contributed by atoms with E-state index in [4.69, 9.17) is 0 Å². The van der Waals surface area contributed by atoms with E-state index in [-0.39, 0.29) is 0 Å². The minimum atomic E-state index is -1.98. The van der Waals surface area contributed by atoms with E-state index in [9.17, 15) is 0 Å². The molecule has 0 radical (unpaired) electrons. The van der Waals surface area contributed by atoms with E-state index in [0.717, 1.165) is 0 Å². The summed E-state index contributed by atoms with van der Waals surface area (Å²) in [7, 11) is 0. The molecular formula is C13H16Pb.